The number of H-pyrrole nitrogens is 1. The number of carbonyl (C=O) groups excluding carboxylic acids is 2. The van der Waals surface area contributed by atoms with Gasteiger partial charge in [-0.1, -0.05) is 83.8 Å². The molecule has 0 spiro atoms. The lowest BCUT2D eigenvalue weighted by Gasteiger charge is -2.28. The topological polar surface area (TPSA) is 220 Å². The number of hydrogen-bond acceptors (Lipinski definition) is 12. The van der Waals surface area contributed by atoms with Crippen LogP contribution in [0.1, 0.15) is 117 Å². The summed E-state index contributed by atoms with van der Waals surface area (Å²) in [5, 5.41) is 53.1. The van der Waals surface area contributed by atoms with Crippen molar-refractivity contribution >= 4 is 34.8 Å². The number of rotatable bonds is 26. The third kappa shape index (κ3) is 14.7. The minimum Gasteiger partial charge on any atom is -0.411 e. The van der Waals surface area contributed by atoms with Gasteiger partial charge in [-0.05, 0) is 115 Å². The Morgan fingerprint density at radius 2 is 1.43 bits per heavy atom. The van der Waals surface area contributed by atoms with Gasteiger partial charge in [-0.25, -0.2) is 4.98 Å². The first kappa shape index (κ1) is 48.5. The number of aromatic amines is 1. The maximum absolute atomic E-state index is 13.0. The number of halogens is 1. The smallest absolute Gasteiger partial charge is 0.220 e. The van der Waals surface area contributed by atoms with E-state index in [9.17, 15) is 20.0 Å². The van der Waals surface area contributed by atoms with Crippen molar-refractivity contribution in [3.05, 3.63) is 70.8 Å². The fourth-order valence-corrected chi connectivity index (χ4v) is 7.13. The number of tetrazole rings is 1. The van der Waals surface area contributed by atoms with E-state index in [-0.39, 0.29) is 37.1 Å². The highest BCUT2D eigenvalue weighted by atomic mass is 35.5. The van der Waals surface area contributed by atoms with Crippen LogP contribution in [-0.2, 0) is 29.1 Å². The fraction of sp³-hybridized carbons (Fsp3) is 0.545. The summed E-state index contributed by atoms with van der Waals surface area (Å²) in [5.74, 6) is 1.43. The second-order valence-electron chi connectivity index (χ2n) is 16.6. The van der Waals surface area contributed by atoms with E-state index >= 15 is 0 Å². The van der Waals surface area contributed by atoms with E-state index in [0.717, 1.165) is 72.3 Å². The summed E-state index contributed by atoms with van der Waals surface area (Å²) in [6.45, 7) is 16.2. The van der Waals surface area contributed by atoms with Crippen LogP contribution in [0, 0.1) is 5.92 Å². The number of aromatic nitrogens is 6. The summed E-state index contributed by atoms with van der Waals surface area (Å²) < 4.78 is 2.10. The molecule has 0 aliphatic rings. The van der Waals surface area contributed by atoms with Crippen LogP contribution in [0.4, 0.5) is 0 Å². The quantitative estimate of drug-likeness (QED) is 0.0197. The highest BCUT2D eigenvalue weighted by molar-refractivity contribution is 6.30. The van der Waals surface area contributed by atoms with Crippen molar-refractivity contribution in [3.8, 4) is 22.5 Å². The Labute approximate surface area is 364 Å². The summed E-state index contributed by atoms with van der Waals surface area (Å²) in [4.78, 5) is 30.6. The second-order valence-corrected chi connectivity index (χ2v) is 17.0. The van der Waals surface area contributed by atoms with Gasteiger partial charge in [-0.3, -0.25) is 9.59 Å². The number of unbranched alkanes of at least 4 members (excludes halogenated alkanes) is 1. The monoisotopic (exact) mass is 860 g/mol. The molecule has 0 aliphatic heterocycles. The van der Waals surface area contributed by atoms with E-state index in [1.165, 1.54) is 0 Å². The first-order valence-electron chi connectivity index (χ1n) is 21.3. The van der Waals surface area contributed by atoms with Crippen LogP contribution in [0.25, 0.3) is 22.5 Å². The Morgan fingerprint density at radius 3 is 2.00 bits per heavy atom. The number of hydrogen-bond donors (Lipinski definition) is 7. The van der Waals surface area contributed by atoms with Crippen LogP contribution in [-0.4, -0.2) is 94.5 Å². The van der Waals surface area contributed by atoms with Crippen molar-refractivity contribution in [2.75, 3.05) is 19.6 Å². The highest BCUT2D eigenvalue weighted by Crippen LogP contribution is 2.30. The van der Waals surface area contributed by atoms with Gasteiger partial charge in [-0.2, -0.15) is 5.21 Å². The molecule has 2 aromatic carbocycles. The number of aryl methyl sites for hydroxylation is 1. The first-order chi connectivity index (χ1) is 29.2. The average molecular weight is 862 g/mol. The molecule has 0 bridgehead atoms. The molecule has 0 atom stereocenters. The zero-order chi connectivity index (χ0) is 44.4. The van der Waals surface area contributed by atoms with E-state index < -0.39 is 11.1 Å². The molecule has 0 fully saturated rings. The molecular formula is C44H65ClN12O4. The van der Waals surface area contributed by atoms with E-state index in [1.54, 1.807) is 13.8 Å². The van der Waals surface area contributed by atoms with Gasteiger partial charge in [-0.15, -0.1) is 10.2 Å². The number of oxime groups is 2. The number of carbonyl (C=O) groups is 2. The summed E-state index contributed by atoms with van der Waals surface area (Å²) in [6, 6.07) is 16.2. The Hall–Kier alpha value is -5.19. The molecule has 2 heterocycles. The number of amides is 2. The van der Waals surface area contributed by atoms with E-state index in [4.69, 9.17) is 16.6 Å². The second kappa shape index (κ2) is 23.7. The SMILES string of the molecule is CCCCc1nc(Cl)c(CNC(=O)CCCC(=O)NCCC(CCNC(C)(C)/C(C)=N\O)CCNC(C)(C)/C(C)=N\O)n1Cc1ccc(-c2ccccc2-c2nn[nH]n2)cc1. The molecule has 4 rings (SSSR count). The van der Waals surface area contributed by atoms with E-state index in [2.05, 4.69) is 88.0 Å². The molecule has 332 valence electrons. The molecule has 0 unspecified atom stereocenters. The number of imidazole rings is 1. The molecule has 2 amide bonds. The molecular weight excluding hydrogens is 796 g/mol. The third-order valence-corrected chi connectivity index (χ3v) is 11.8. The van der Waals surface area contributed by atoms with Crippen LogP contribution in [0.3, 0.4) is 0 Å². The summed E-state index contributed by atoms with van der Waals surface area (Å²) in [6.07, 6.45) is 6.04. The van der Waals surface area contributed by atoms with Crippen molar-refractivity contribution in [3.63, 3.8) is 0 Å². The van der Waals surface area contributed by atoms with Crippen molar-refractivity contribution in [1.82, 2.24) is 51.4 Å². The van der Waals surface area contributed by atoms with Gasteiger partial charge in [0.15, 0.2) is 5.15 Å². The van der Waals surface area contributed by atoms with Crippen LogP contribution >= 0.6 is 11.6 Å². The number of nitrogens with one attached hydrogen (secondary N) is 5. The number of nitrogens with zero attached hydrogens (tertiary/aromatic N) is 7. The summed E-state index contributed by atoms with van der Waals surface area (Å²) in [7, 11) is 0. The predicted octanol–water partition coefficient (Wildman–Crippen LogP) is 6.90. The molecule has 7 N–H and O–H groups in total. The Balaban J connectivity index is 1.28. The molecule has 0 saturated carbocycles. The third-order valence-electron chi connectivity index (χ3n) is 11.5. The highest BCUT2D eigenvalue weighted by Gasteiger charge is 2.24. The molecule has 17 heteroatoms. The maximum atomic E-state index is 13.0. The largest absolute Gasteiger partial charge is 0.411 e. The lowest BCUT2D eigenvalue weighted by Crippen LogP contribution is -2.47. The zero-order valence-corrected chi connectivity index (χ0v) is 37.6. The summed E-state index contributed by atoms with van der Waals surface area (Å²) in [5.41, 5.74) is 4.98. The standard InChI is InChI=1S/C44H65ClN12O4/c1-8-9-15-38-50-41(45)37(57(38)29-33-18-20-34(21-19-33)35-13-10-11-14-36(35)42-51-55-56-52-42)28-47-40(59)17-12-16-39(58)46-25-22-32(23-26-48-43(4,5)30(2)53-60)24-27-49-44(6,7)31(3)54-61/h10-11,13-14,18-21,32,48-49,60-61H,8-9,12,15-17,22-29H2,1-7H3,(H,46,58)(H,47,59)(H,51,52,55,56)/b53-30-,54-31-. The normalized spacial score (nSPS) is 12.6. The van der Waals surface area contributed by atoms with Gasteiger partial charge in [0, 0.05) is 37.9 Å². The van der Waals surface area contributed by atoms with E-state index in [1.807, 2.05) is 52.0 Å². The van der Waals surface area contributed by atoms with Crippen LogP contribution in [0.15, 0.2) is 58.8 Å². The van der Waals surface area contributed by atoms with Crippen molar-refractivity contribution < 1.29 is 20.0 Å². The van der Waals surface area contributed by atoms with Crippen LogP contribution in [0.2, 0.25) is 5.15 Å². The molecule has 16 nitrogen and oxygen atoms in total. The van der Waals surface area contributed by atoms with Crippen molar-refractivity contribution in [2.24, 2.45) is 16.2 Å². The minimum absolute atomic E-state index is 0.0966. The van der Waals surface area contributed by atoms with E-state index in [0.29, 0.717) is 55.0 Å². The van der Waals surface area contributed by atoms with Gasteiger partial charge in [0.1, 0.15) is 5.82 Å². The van der Waals surface area contributed by atoms with Gasteiger partial charge in [0.25, 0.3) is 0 Å². The van der Waals surface area contributed by atoms with Gasteiger partial charge in [0.2, 0.25) is 17.6 Å². The maximum Gasteiger partial charge on any atom is 0.220 e. The van der Waals surface area contributed by atoms with Crippen LogP contribution in [0.5, 0.6) is 0 Å². The van der Waals surface area contributed by atoms with Crippen LogP contribution < -0.4 is 21.3 Å². The Morgan fingerprint density at radius 1 is 0.836 bits per heavy atom. The lowest BCUT2D eigenvalue weighted by atomic mass is 9.94. The molecule has 0 radical (unpaired) electrons. The van der Waals surface area contributed by atoms with Gasteiger partial charge in [0.05, 0.1) is 34.7 Å². The molecule has 2 aromatic heterocycles. The van der Waals surface area contributed by atoms with Crippen molar-refractivity contribution in [2.45, 2.75) is 130 Å². The predicted molar refractivity (Wildman–Crippen MR) is 240 cm³/mol. The fourth-order valence-electron chi connectivity index (χ4n) is 6.86. The number of benzene rings is 2. The molecule has 0 saturated heterocycles. The zero-order valence-electron chi connectivity index (χ0n) is 36.8. The van der Waals surface area contributed by atoms with Gasteiger partial charge >= 0.3 is 0 Å². The molecule has 4 aromatic rings. The van der Waals surface area contributed by atoms with Gasteiger partial charge < -0.3 is 36.2 Å². The van der Waals surface area contributed by atoms with Crippen molar-refractivity contribution in [1.29, 1.82) is 0 Å². The first-order valence-corrected chi connectivity index (χ1v) is 21.6. The Bertz CT molecular complexity index is 2010. The lowest BCUT2D eigenvalue weighted by molar-refractivity contribution is -0.122. The molecule has 61 heavy (non-hydrogen) atoms. The minimum atomic E-state index is -0.458. The molecule has 0 aliphatic carbocycles. The average Bonchev–Trinajstić information content (AvgIpc) is 3.89. The summed E-state index contributed by atoms with van der Waals surface area (Å²) >= 11 is 6.71. The Kier molecular flexibility index (Phi) is 18.8.